The molecule has 0 atom stereocenters. The third kappa shape index (κ3) is 4.92. The van der Waals surface area contributed by atoms with E-state index in [2.05, 4.69) is 5.32 Å². The molecule has 0 spiro atoms. The van der Waals surface area contributed by atoms with Crippen molar-refractivity contribution in [3.05, 3.63) is 63.2 Å². The Morgan fingerprint density at radius 2 is 1.88 bits per heavy atom. The number of methoxy groups -OCH3 is 1. The first-order chi connectivity index (χ1) is 11.9. The summed E-state index contributed by atoms with van der Waals surface area (Å²) >= 11 is 5.87. The molecule has 2 aromatic carbocycles. The van der Waals surface area contributed by atoms with Crippen LogP contribution in [0.25, 0.3) is 0 Å². The number of amides is 1. The van der Waals surface area contributed by atoms with Crippen LogP contribution in [-0.2, 0) is 9.53 Å². The van der Waals surface area contributed by atoms with Crippen LogP contribution in [0.1, 0.15) is 10.4 Å². The number of anilines is 1. The van der Waals surface area contributed by atoms with Gasteiger partial charge in [0.05, 0.1) is 28.3 Å². The van der Waals surface area contributed by atoms with Crippen LogP contribution in [0.15, 0.2) is 42.5 Å². The topological polar surface area (TPSA) is 108 Å². The van der Waals surface area contributed by atoms with Gasteiger partial charge in [0.25, 0.3) is 11.6 Å². The Morgan fingerprint density at radius 1 is 1.20 bits per heavy atom. The lowest BCUT2D eigenvalue weighted by Crippen LogP contribution is -2.21. The number of esters is 1. The van der Waals surface area contributed by atoms with Gasteiger partial charge in [0.2, 0.25) is 0 Å². The minimum atomic E-state index is -0.674. The Hall–Kier alpha value is -3.13. The maximum atomic E-state index is 11.8. The van der Waals surface area contributed by atoms with Crippen molar-refractivity contribution in [1.82, 2.24) is 0 Å². The number of rotatable bonds is 6. The highest BCUT2D eigenvalue weighted by atomic mass is 35.5. The number of ether oxygens (including phenoxy) is 2. The van der Waals surface area contributed by atoms with Gasteiger partial charge in [-0.2, -0.15) is 0 Å². The second-order valence-electron chi connectivity index (χ2n) is 4.77. The van der Waals surface area contributed by atoms with Gasteiger partial charge in [-0.3, -0.25) is 14.9 Å². The summed E-state index contributed by atoms with van der Waals surface area (Å²) in [4.78, 5) is 33.7. The molecule has 2 rings (SSSR count). The number of halogens is 1. The molecular weight excluding hydrogens is 352 g/mol. The van der Waals surface area contributed by atoms with Crippen molar-refractivity contribution in [2.24, 2.45) is 0 Å². The zero-order valence-electron chi connectivity index (χ0n) is 13.0. The second kappa shape index (κ2) is 8.11. The van der Waals surface area contributed by atoms with Crippen molar-refractivity contribution < 1.29 is 24.0 Å². The van der Waals surface area contributed by atoms with E-state index >= 15 is 0 Å². The largest absolute Gasteiger partial charge is 0.497 e. The second-order valence-corrected chi connectivity index (χ2v) is 5.18. The number of benzene rings is 2. The van der Waals surface area contributed by atoms with Crippen LogP contribution >= 0.6 is 11.6 Å². The van der Waals surface area contributed by atoms with E-state index in [0.29, 0.717) is 5.75 Å². The number of nitrogens with zero attached hydrogens (tertiary/aromatic N) is 1. The molecule has 0 aliphatic heterocycles. The van der Waals surface area contributed by atoms with Crippen molar-refractivity contribution in [1.29, 1.82) is 0 Å². The van der Waals surface area contributed by atoms with Gasteiger partial charge in [-0.1, -0.05) is 11.6 Å². The van der Waals surface area contributed by atoms with E-state index in [1.807, 2.05) is 0 Å². The van der Waals surface area contributed by atoms with Crippen LogP contribution in [-0.4, -0.2) is 30.5 Å². The highest BCUT2D eigenvalue weighted by Crippen LogP contribution is 2.26. The van der Waals surface area contributed by atoms with Crippen molar-refractivity contribution in [3.8, 4) is 5.75 Å². The Balaban J connectivity index is 1.91. The van der Waals surface area contributed by atoms with Gasteiger partial charge in [0, 0.05) is 12.1 Å². The van der Waals surface area contributed by atoms with E-state index in [1.54, 1.807) is 12.1 Å². The minimum Gasteiger partial charge on any atom is -0.497 e. The average molecular weight is 365 g/mol. The third-order valence-electron chi connectivity index (χ3n) is 3.10. The molecule has 0 fully saturated rings. The molecule has 1 amide bonds. The van der Waals surface area contributed by atoms with Crippen molar-refractivity contribution in [3.63, 3.8) is 0 Å². The highest BCUT2D eigenvalue weighted by molar-refractivity contribution is 6.34. The first kappa shape index (κ1) is 18.2. The van der Waals surface area contributed by atoms with Crippen LogP contribution in [0, 0.1) is 10.1 Å². The van der Waals surface area contributed by atoms with Gasteiger partial charge in [0.15, 0.2) is 6.61 Å². The molecule has 0 aliphatic rings. The lowest BCUT2D eigenvalue weighted by atomic mass is 10.2. The molecule has 2 aromatic rings. The number of carbonyl (C=O) groups excluding carboxylic acids is 2. The van der Waals surface area contributed by atoms with E-state index in [4.69, 9.17) is 21.1 Å². The molecule has 8 nitrogen and oxygen atoms in total. The van der Waals surface area contributed by atoms with Crippen LogP contribution < -0.4 is 10.1 Å². The zero-order chi connectivity index (χ0) is 18.4. The molecule has 0 aromatic heterocycles. The van der Waals surface area contributed by atoms with Gasteiger partial charge < -0.3 is 14.8 Å². The van der Waals surface area contributed by atoms with Crippen molar-refractivity contribution in [2.75, 3.05) is 19.0 Å². The average Bonchev–Trinajstić information content (AvgIpc) is 2.61. The summed E-state index contributed by atoms with van der Waals surface area (Å²) in [5.41, 5.74) is 0.244. The number of nitrogens with one attached hydrogen (secondary N) is 1. The molecule has 0 unspecified atom stereocenters. The predicted octanol–water partition coefficient (Wildman–Crippen LogP) is 3.05. The van der Waals surface area contributed by atoms with E-state index in [-0.39, 0.29) is 22.0 Å². The summed E-state index contributed by atoms with van der Waals surface area (Å²) in [6, 6.07) is 9.80. The summed E-state index contributed by atoms with van der Waals surface area (Å²) in [7, 11) is 1.50. The van der Waals surface area contributed by atoms with Gasteiger partial charge >= 0.3 is 5.97 Å². The Labute approximate surface area is 147 Å². The predicted molar refractivity (Wildman–Crippen MR) is 90.0 cm³/mol. The molecule has 0 radical (unpaired) electrons. The summed E-state index contributed by atoms with van der Waals surface area (Å²) in [5.74, 6) is -0.715. The van der Waals surface area contributed by atoms with Gasteiger partial charge in [0.1, 0.15) is 5.75 Å². The van der Waals surface area contributed by atoms with Crippen molar-refractivity contribution >= 4 is 34.9 Å². The fourth-order valence-corrected chi connectivity index (χ4v) is 2.07. The maximum Gasteiger partial charge on any atom is 0.338 e. The van der Waals surface area contributed by atoms with Crippen LogP contribution in [0.4, 0.5) is 11.4 Å². The highest BCUT2D eigenvalue weighted by Gasteiger charge is 2.14. The fraction of sp³-hybridized carbons (Fsp3) is 0.125. The van der Waals surface area contributed by atoms with E-state index in [9.17, 15) is 19.7 Å². The minimum absolute atomic E-state index is 0.00373. The lowest BCUT2D eigenvalue weighted by molar-refractivity contribution is -0.384. The van der Waals surface area contributed by atoms with Crippen LogP contribution in [0.2, 0.25) is 5.02 Å². The molecule has 1 N–H and O–H groups in total. The number of carbonyl (C=O) groups is 2. The molecule has 9 heteroatoms. The molecular formula is C16H13ClN2O6. The van der Waals surface area contributed by atoms with Crippen LogP contribution in [0.3, 0.4) is 0 Å². The smallest absolute Gasteiger partial charge is 0.338 e. The zero-order valence-corrected chi connectivity index (χ0v) is 13.8. The maximum absolute atomic E-state index is 11.8. The molecule has 25 heavy (non-hydrogen) atoms. The fourth-order valence-electron chi connectivity index (χ4n) is 1.85. The van der Waals surface area contributed by atoms with E-state index in [0.717, 1.165) is 6.07 Å². The number of hydrogen-bond acceptors (Lipinski definition) is 6. The molecule has 0 saturated heterocycles. The van der Waals surface area contributed by atoms with Crippen molar-refractivity contribution in [2.45, 2.75) is 0 Å². The molecule has 0 saturated carbocycles. The number of hydrogen-bond donors (Lipinski definition) is 1. The molecule has 130 valence electrons. The summed E-state index contributed by atoms with van der Waals surface area (Å²) in [6.07, 6.45) is 0. The van der Waals surface area contributed by atoms with Gasteiger partial charge in [-0.25, -0.2) is 4.79 Å². The Bertz CT molecular complexity index is 807. The normalized spacial score (nSPS) is 10.0. The third-order valence-corrected chi connectivity index (χ3v) is 3.41. The monoisotopic (exact) mass is 364 g/mol. The first-order valence-electron chi connectivity index (χ1n) is 6.95. The molecule has 0 aliphatic carbocycles. The molecule has 0 heterocycles. The van der Waals surface area contributed by atoms with E-state index < -0.39 is 23.4 Å². The first-order valence-corrected chi connectivity index (χ1v) is 7.33. The summed E-state index contributed by atoms with van der Waals surface area (Å²) in [5, 5.41) is 13.0. The quantitative estimate of drug-likeness (QED) is 0.479. The van der Waals surface area contributed by atoms with Gasteiger partial charge in [-0.05, 0) is 30.3 Å². The van der Waals surface area contributed by atoms with Crippen LogP contribution in [0.5, 0.6) is 5.75 Å². The number of non-ortho nitro benzene ring substituents is 1. The van der Waals surface area contributed by atoms with E-state index in [1.165, 1.54) is 31.4 Å². The van der Waals surface area contributed by atoms with Gasteiger partial charge in [-0.15, -0.1) is 0 Å². The number of nitro groups is 1. The standard InChI is InChI=1S/C16H13ClN2O6/c1-24-12-5-2-10(3-6-12)16(21)25-9-15(20)18-14-7-4-11(19(22)23)8-13(14)17/h2-8H,9H2,1H3,(H,18,20). The molecule has 0 bridgehead atoms. The Morgan fingerprint density at radius 3 is 2.44 bits per heavy atom. The Kier molecular flexibility index (Phi) is 5.91. The number of nitro benzene ring substituents is 1. The lowest BCUT2D eigenvalue weighted by Gasteiger charge is -2.08. The summed E-state index contributed by atoms with van der Waals surface area (Å²) in [6.45, 7) is -0.530. The summed E-state index contributed by atoms with van der Waals surface area (Å²) < 4.78 is 9.87. The SMILES string of the molecule is COc1ccc(C(=O)OCC(=O)Nc2ccc([N+](=O)[O-])cc2Cl)cc1.